The van der Waals surface area contributed by atoms with Crippen molar-refractivity contribution in [3.05, 3.63) is 35.9 Å². The van der Waals surface area contributed by atoms with Crippen LogP contribution in [0.5, 0.6) is 0 Å². The Morgan fingerprint density at radius 1 is 1.58 bits per heavy atom. The molecule has 1 aromatic carbocycles. The van der Waals surface area contributed by atoms with Gasteiger partial charge in [-0.15, -0.1) is 0 Å². The molecule has 0 heterocycles. The van der Waals surface area contributed by atoms with Crippen molar-refractivity contribution in [2.75, 3.05) is 7.11 Å². The van der Waals surface area contributed by atoms with E-state index >= 15 is 0 Å². The van der Waals surface area contributed by atoms with E-state index in [1.807, 2.05) is 0 Å². The highest BCUT2D eigenvalue weighted by Gasteiger charge is 2.16. The molecule has 0 aliphatic carbocycles. The smallest absolute Gasteiger partial charge is 0.339 e. The summed E-state index contributed by atoms with van der Waals surface area (Å²) in [6.45, 7) is 0. The van der Waals surface area contributed by atoms with Crippen LogP contribution in [0.1, 0.15) is 13.0 Å². The molecule has 0 radical (unpaired) electrons. The van der Waals surface area contributed by atoms with Crippen LogP contribution in [0.15, 0.2) is 30.3 Å². The quantitative estimate of drug-likeness (QED) is 0.665. The van der Waals surface area contributed by atoms with Crippen molar-refractivity contribution in [2.24, 2.45) is 0 Å². The summed E-state index contributed by atoms with van der Waals surface area (Å²) >= 11 is 0. The number of rotatable bonds is 2. The largest absolute Gasteiger partial charge is 0.467 e. The van der Waals surface area contributed by atoms with Gasteiger partial charge in [0, 0.05) is 0 Å². The SMILES string of the molecule is [2H][C@@](O)(C(=O)OC)c1ccccc1. The number of methoxy groups -OCH3 is 1. The highest BCUT2D eigenvalue weighted by molar-refractivity contribution is 5.75. The molecule has 0 aliphatic heterocycles. The first kappa shape index (κ1) is 7.31. The molecular weight excluding hydrogens is 156 g/mol. The van der Waals surface area contributed by atoms with Crippen LogP contribution < -0.4 is 0 Å². The second-order valence-corrected chi connectivity index (χ2v) is 2.21. The highest BCUT2D eigenvalue weighted by atomic mass is 16.5. The zero-order valence-electron chi connectivity index (χ0n) is 7.65. The van der Waals surface area contributed by atoms with Crippen molar-refractivity contribution < 1.29 is 16.0 Å². The van der Waals surface area contributed by atoms with E-state index in [0.717, 1.165) is 7.11 Å². The average Bonchev–Trinajstić information content (AvgIpc) is 2.18. The zero-order valence-corrected chi connectivity index (χ0v) is 6.65. The Morgan fingerprint density at radius 2 is 2.17 bits per heavy atom. The molecule has 64 valence electrons. The first-order valence-electron chi connectivity index (χ1n) is 3.95. The van der Waals surface area contributed by atoms with Crippen LogP contribution in [0.4, 0.5) is 0 Å². The first-order valence-corrected chi connectivity index (χ1v) is 3.45. The van der Waals surface area contributed by atoms with Gasteiger partial charge in [0.25, 0.3) is 0 Å². The van der Waals surface area contributed by atoms with E-state index in [1.54, 1.807) is 18.2 Å². The van der Waals surface area contributed by atoms with E-state index in [-0.39, 0.29) is 5.56 Å². The lowest BCUT2D eigenvalue weighted by atomic mass is 10.1. The maximum absolute atomic E-state index is 11.0. The van der Waals surface area contributed by atoms with Gasteiger partial charge in [0.05, 0.1) is 8.48 Å². The third-order valence-electron chi connectivity index (χ3n) is 1.43. The third kappa shape index (κ3) is 1.83. The van der Waals surface area contributed by atoms with Crippen LogP contribution in [-0.4, -0.2) is 18.2 Å². The predicted molar refractivity (Wildman–Crippen MR) is 43.4 cm³/mol. The van der Waals surface area contributed by atoms with Gasteiger partial charge in [-0.1, -0.05) is 30.3 Å². The van der Waals surface area contributed by atoms with Gasteiger partial charge in [0.15, 0.2) is 6.08 Å². The van der Waals surface area contributed by atoms with Gasteiger partial charge in [-0.25, -0.2) is 4.79 Å². The fourth-order valence-corrected chi connectivity index (χ4v) is 0.811. The fraction of sp³-hybridized carbons (Fsp3) is 0.222. The first-order chi connectivity index (χ1) is 6.09. The lowest BCUT2D eigenvalue weighted by molar-refractivity contribution is -0.150. The molecule has 0 saturated heterocycles. The molecule has 12 heavy (non-hydrogen) atoms. The number of hydrogen-bond donors (Lipinski definition) is 1. The van der Waals surface area contributed by atoms with Crippen molar-refractivity contribution in [3.63, 3.8) is 0 Å². The van der Waals surface area contributed by atoms with E-state index < -0.39 is 12.0 Å². The van der Waals surface area contributed by atoms with Gasteiger partial charge in [0.1, 0.15) is 0 Å². The van der Waals surface area contributed by atoms with E-state index in [0.29, 0.717) is 0 Å². The maximum atomic E-state index is 11.0. The Hall–Kier alpha value is -1.35. The van der Waals surface area contributed by atoms with Crippen LogP contribution in [-0.2, 0) is 9.53 Å². The fourth-order valence-electron chi connectivity index (χ4n) is 0.811. The Bertz CT molecular complexity index is 295. The molecule has 0 aliphatic rings. The lowest BCUT2D eigenvalue weighted by Gasteiger charge is -2.07. The van der Waals surface area contributed by atoms with Crippen molar-refractivity contribution in [2.45, 2.75) is 6.08 Å². The Morgan fingerprint density at radius 3 is 2.67 bits per heavy atom. The molecular formula is C9H10O3. The van der Waals surface area contributed by atoms with E-state index in [2.05, 4.69) is 4.74 Å². The maximum Gasteiger partial charge on any atom is 0.339 e. The number of hydrogen-bond acceptors (Lipinski definition) is 3. The summed E-state index contributed by atoms with van der Waals surface area (Å²) in [5.74, 6) is -0.987. The van der Waals surface area contributed by atoms with Crippen LogP contribution in [0.3, 0.4) is 0 Å². The second-order valence-electron chi connectivity index (χ2n) is 2.21. The molecule has 3 nitrogen and oxygen atoms in total. The second kappa shape index (κ2) is 3.88. The van der Waals surface area contributed by atoms with Gasteiger partial charge in [-0.05, 0) is 5.56 Å². The molecule has 0 spiro atoms. The normalized spacial score (nSPS) is 16.0. The van der Waals surface area contributed by atoms with Crippen LogP contribution in [0.25, 0.3) is 0 Å². The highest BCUT2D eigenvalue weighted by Crippen LogP contribution is 2.12. The van der Waals surface area contributed by atoms with E-state index in [1.165, 1.54) is 12.1 Å². The molecule has 0 unspecified atom stereocenters. The van der Waals surface area contributed by atoms with Gasteiger partial charge >= 0.3 is 5.97 Å². The minimum Gasteiger partial charge on any atom is -0.467 e. The molecule has 3 heteroatoms. The summed E-state index contributed by atoms with van der Waals surface area (Å²) < 4.78 is 11.6. The average molecular weight is 167 g/mol. The molecule has 1 rings (SSSR count). The molecule has 0 bridgehead atoms. The summed E-state index contributed by atoms with van der Waals surface area (Å²) in [7, 11) is 1.13. The van der Waals surface area contributed by atoms with Crippen LogP contribution in [0, 0.1) is 0 Å². The predicted octanol–water partition coefficient (Wildman–Crippen LogP) is 0.893. The monoisotopic (exact) mass is 167 g/mol. The Balaban J connectivity index is 3.00. The van der Waals surface area contributed by atoms with Crippen molar-refractivity contribution in [3.8, 4) is 0 Å². The number of ether oxygens (including phenoxy) is 1. The summed E-state index contributed by atoms with van der Waals surface area (Å²) in [6.07, 6.45) is -2.31. The molecule has 0 aromatic heterocycles. The molecule has 0 saturated carbocycles. The topological polar surface area (TPSA) is 46.5 Å². The van der Waals surface area contributed by atoms with E-state index in [4.69, 9.17) is 1.37 Å². The number of benzene rings is 1. The zero-order chi connectivity index (χ0) is 9.90. The summed E-state index contributed by atoms with van der Waals surface area (Å²) in [4.78, 5) is 11.0. The minimum atomic E-state index is -2.31. The summed E-state index contributed by atoms with van der Waals surface area (Å²) in [5, 5.41) is 9.45. The van der Waals surface area contributed by atoms with Gasteiger partial charge in [-0.3, -0.25) is 0 Å². The molecule has 1 aromatic rings. The van der Waals surface area contributed by atoms with Crippen LogP contribution in [0.2, 0.25) is 0 Å². The van der Waals surface area contributed by atoms with Gasteiger partial charge in [-0.2, -0.15) is 0 Å². The number of carbonyl (C=O) groups excluding carboxylic acids is 1. The number of esters is 1. The Labute approximate surface area is 72.0 Å². The van der Waals surface area contributed by atoms with Crippen molar-refractivity contribution in [1.82, 2.24) is 0 Å². The summed E-state index contributed by atoms with van der Waals surface area (Å²) in [5.41, 5.74) is 0.196. The van der Waals surface area contributed by atoms with Crippen molar-refractivity contribution in [1.29, 1.82) is 0 Å². The number of carbonyl (C=O) groups is 1. The third-order valence-corrected chi connectivity index (χ3v) is 1.43. The molecule has 1 N–H and O–H groups in total. The lowest BCUT2D eigenvalue weighted by Crippen LogP contribution is -2.13. The van der Waals surface area contributed by atoms with E-state index in [9.17, 15) is 9.90 Å². The van der Waals surface area contributed by atoms with Crippen LogP contribution >= 0.6 is 0 Å². The summed E-state index contributed by atoms with van der Waals surface area (Å²) in [6, 6.07) is 7.99. The number of aliphatic hydroxyl groups is 1. The van der Waals surface area contributed by atoms with Gasteiger partial charge < -0.3 is 9.84 Å². The standard InChI is InChI=1S/C9H10O3/c1-12-9(11)8(10)7-5-3-2-4-6-7/h2-6,8,10H,1H3/t8-/m0/s1/i8D. The molecule has 0 fully saturated rings. The Kier molecular flexibility index (Phi) is 2.36. The van der Waals surface area contributed by atoms with Crippen molar-refractivity contribution >= 4 is 5.97 Å². The minimum absolute atomic E-state index is 0.196. The molecule has 0 amide bonds. The van der Waals surface area contributed by atoms with Gasteiger partial charge in [0.2, 0.25) is 0 Å². The molecule has 1 atom stereocenters.